The van der Waals surface area contributed by atoms with E-state index in [0.29, 0.717) is 5.69 Å². The van der Waals surface area contributed by atoms with Crippen molar-refractivity contribution < 1.29 is 27.2 Å². The average Bonchev–Trinajstić information content (AvgIpc) is 2.62. The van der Waals surface area contributed by atoms with E-state index in [1.807, 2.05) is 0 Å². The first kappa shape index (κ1) is 21.7. The molecule has 2 amide bonds. The lowest BCUT2D eigenvalue weighted by Crippen LogP contribution is -2.33. The number of alkyl halides is 3. The predicted octanol–water partition coefficient (Wildman–Crippen LogP) is 4.24. The van der Waals surface area contributed by atoms with Gasteiger partial charge in [0.05, 0.1) is 6.54 Å². The molecule has 2 aromatic carbocycles. The molecule has 0 spiro atoms. The molecule has 0 heterocycles. The van der Waals surface area contributed by atoms with Gasteiger partial charge < -0.3 is 16.0 Å². The zero-order valence-corrected chi connectivity index (χ0v) is 16.2. The molecule has 2 aromatic rings. The first-order valence-electron chi connectivity index (χ1n) is 7.99. The molecule has 0 aliphatic rings. The molecular formula is C18H16BrF4N3O2. The molecule has 28 heavy (non-hydrogen) atoms. The maximum Gasteiger partial charge on any atom is 0.405 e. The molecule has 0 fully saturated rings. The lowest BCUT2D eigenvalue weighted by Gasteiger charge is -2.13. The SMILES string of the molecule is Cc1c(F)cc(C(=O)NCC(F)(F)F)cc1NCC(=O)Nc1ccc(Br)cc1. The minimum absolute atomic E-state index is 0.128. The van der Waals surface area contributed by atoms with E-state index in [0.717, 1.165) is 10.5 Å². The van der Waals surface area contributed by atoms with Gasteiger partial charge in [-0.25, -0.2) is 4.39 Å². The van der Waals surface area contributed by atoms with E-state index < -0.39 is 30.4 Å². The monoisotopic (exact) mass is 461 g/mol. The molecule has 5 nitrogen and oxygen atoms in total. The fourth-order valence-electron chi connectivity index (χ4n) is 2.19. The van der Waals surface area contributed by atoms with Crippen LogP contribution in [0.3, 0.4) is 0 Å². The van der Waals surface area contributed by atoms with E-state index in [-0.39, 0.29) is 23.4 Å². The molecule has 0 bridgehead atoms. The number of amides is 2. The van der Waals surface area contributed by atoms with Gasteiger partial charge in [-0.1, -0.05) is 15.9 Å². The van der Waals surface area contributed by atoms with E-state index in [2.05, 4.69) is 26.6 Å². The molecule has 3 N–H and O–H groups in total. The Balaban J connectivity index is 2.04. The number of halogens is 5. The fourth-order valence-corrected chi connectivity index (χ4v) is 2.45. The maximum atomic E-state index is 14.0. The quantitative estimate of drug-likeness (QED) is 0.563. The van der Waals surface area contributed by atoms with E-state index >= 15 is 0 Å². The molecular weight excluding hydrogens is 446 g/mol. The van der Waals surface area contributed by atoms with Crippen molar-refractivity contribution in [2.75, 3.05) is 23.7 Å². The van der Waals surface area contributed by atoms with Crippen LogP contribution in [-0.2, 0) is 4.79 Å². The third-order valence-electron chi connectivity index (χ3n) is 3.62. The summed E-state index contributed by atoms with van der Waals surface area (Å²) in [6, 6.07) is 8.87. The van der Waals surface area contributed by atoms with Crippen LogP contribution >= 0.6 is 15.9 Å². The number of hydrogen-bond acceptors (Lipinski definition) is 3. The smallest absolute Gasteiger partial charge is 0.376 e. The summed E-state index contributed by atoms with van der Waals surface area (Å²) in [7, 11) is 0. The van der Waals surface area contributed by atoms with Crippen LogP contribution in [0, 0.1) is 12.7 Å². The lowest BCUT2D eigenvalue weighted by atomic mass is 10.1. The molecule has 10 heteroatoms. The van der Waals surface area contributed by atoms with Gasteiger partial charge in [0.2, 0.25) is 5.91 Å². The predicted molar refractivity (Wildman–Crippen MR) is 101 cm³/mol. The summed E-state index contributed by atoms with van der Waals surface area (Å²) in [6.45, 7) is -0.342. The van der Waals surface area contributed by atoms with Gasteiger partial charge in [-0.15, -0.1) is 0 Å². The van der Waals surface area contributed by atoms with Crippen LogP contribution in [0.4, 0.5) is 28.9 Å². The summed E-state index contributed by atoms with van der Waals surface area (Å²) in [5.41, 5.74) is 0.522. The van der Waals surface area contributed by atoms with Gasteiger partial charge in [0, 0.05) is 27.0 Å². The zero-order chi connectivity index (χ0) is 20.9. The number of nitrogens with one attached hydrogen (secondary N) is 3. The van der Waals surface area contributed by atoms with Crippen LogP contribution < -0.4 is 16.0 Å². The molecule has 0 unspecified atom stereocenters. The standard InChI is InChI=1S/C18H16BrF4N3O2/c1-10-14(20)6-11(17(28)25-9-18(21,22)23)7-15(10)24-8-16(27)26-13-4-2-12(19)3-5-13/h2-7,24H,8-9H2,1H3,(H,25,28)(H,26,27). The minimum atomic E-state index is -4.58. The number of anilines is 2. The van der Waals surface area contributed by atoms with Crippen LogP contribution in [-0.4, -0.2) is 31.1 Å². The first-order chi connectivity index (χ1) is 13.0. The molecule has 0 aliphatic carbocycles. The van der Waals surface area contributed by atoms with Crippen LogP contribution in [0.25, 0.3) is 0 Å². The highest BCUT2D eigenvalue weighted by Gasteiger charge is 2.28. The van der Waals surface area contributed by atoms with Crippen LogP contribution in [0.15, 0.2) is 40.9 Å². The number of benzene rings is 2. The lowest BCUT2D eigenvalue weighted by molar-refractivity contribution is -0.123. The van der Waals surface area contributed by atoms with Crippen LogP contribution in [0.5, 0.6) is 0 Å². The van der Waals surface area contributed by atoms with E-state index in [9.17, 15) is 27.2 Å². The third kappa shape index (κ3) is 6.52. The molecule has 0 atom stereocenters. The summed E-state index contributed by atoms with van der Waals surface area (Å²) >= 11 is 3.27. The van der Waals surface area contributed by atoms with Crippen molar-refractivity contribution in [1.29, 1.82) is 0 Å². The Morgan fingerprint density at radius 2 is 1.75 bits per heavy atom. The molecule has 0 aliphatic heterocycles. The Morgan fingerprint density at radius 1 is 1.11 bits per heavy atom. The van der Waals surface area contributed by atoms with Crippen molar-refractivity contribution >= 4 is 39.1 Å². The van der Waals surface area contributed by atoms with Crippen molar-refractivity contribution in [1.82, 2.24) is 5.32 Å². The minimum Gasteiger partial charge on any atom is -0.376 e. The van der Waals surface area contributed by atoms with Crippen LogP contribution in [0.1, 0.15) is 15.9 Å². The number of hydrogen-bond donors (Lipinski definition) is 3. The molecule has 150 valence electrons. The maximum absolute atomic E-state index is 14.0. The van der Waals surface area contributed by atoms with Crippen molar-refractivity contribution in [3.8, 4) is 0 Å². The van der Waals surface area contributed by atoms with Crippen molar-refractivity contribution in [2.24, 2.45) is 0 Å². The fraction of sp³-hybridized carbons (Fsp3) is 0.222. The second-order valence-corrected chi connectivity index (χ2v) is 6.75. The molecule has 0 saturated heterocycles. The van der Waals surface area contributed by atoms with Gasteiger partial charge in [-0.05, 0) is 43.3 Å². The Labute approximate surface area is 166 Å². The second-order valence-electron chi connectivity index (χ2n) is 5.84. The topological polar surface area (TPSA) is 70.2 Å². The normalized spacial score (nSPS) is 11.1. The third-order valence-corrected chi connectivity index (χ3v) is 4.15. The van der Waals surface area contributed by atoms with Crippen molar-refractivity contribution in [3.63, 3.8) is 0 Å². The van der Waals surface area contributed by atoms with Gasteiger partial charge in [0.1, 0.15) is 12.4 Å². The second kappa shape index (κ2) is 9.05. The van der Waals surface area contributed by atoms with Crippen LogP contribution in [0.2, 0.25) is 0 Å². The average molecular weight is 462 g/mol. The number of carbonyl (C=O) groups is 2. The van der Waals surface area contributed by atoms with E-state index in [1.54, 1.807) is 29.6 Å². The highest BCUT2D eigenvalue weighted by atomic mass is 79.9. The summed E-state index contributed by atoms with van der Waals surface area (Å²) in [6.07, 6.45) is -4.58. The van der Waals surface area contributed by atoms with E-state index in [1.165, 1.54) is 13.0 Å². The molecule has 2 rings (SSSR count). The highest BCUT2D eigenvalue weighted by Crippen LogP contribution is 2.21. The summed E-state index contributed by atoms with van der Waals surface area (Å²) in [5.74, 6) is -2.27. The van der Waals surface area contributed by atoms with Gasteiger partial charge in [0.25, 0.3) is 5.91 Å². The van der Waals surface area contributed by atoms with Gasteiger partial charge in [-0.3, -0.25) is 9.59 Å². The Kier molecular flexibility index (Phi) is 7.00. The Morgan fingerprint density at radius 3 is 2.36 bits per heavy atom. The van der Waals surface area contributed by atoms with Gasteiger partial charge in [0.15, 0.2) is 0 Å². The highest BCUT2D eigenvalue weighted by molar-refractivity contribution is 9.10. The first-order valence-corrected chi connectivity index (χ1v) is 8.79. The largest absolute Gasteiger partial charge is 0.405 e. The van der Waals surface area contributed by atoms with E-state index in [4.69, 9.17) is 0 Å². The summed E-state index contributed by atoms with van der Waals surface area (Å²) in [4.78, 5) is 23.8. The molecule has 0 radical (unpaired) electrons. The zero-order valence-electron chi connectivity index (χ0n) is 14.6. The summed E-state index contributed by atoms with van der Waals surface area (Å²) in [5, 5.41) is 6.99. The van der Waals surface area contributed by atoms with Crippen molar-refractivity contribution in [2.45, 2.75) is 13.1 Å². The number of carbonyl (C=O) groups excluding carboxylic acids is 2. The van der Waals surface area contributed by atoms with Gasteiger partial charge >= 0.3 is 6.18 Å². The number of rotatable bonds is 6. The van der Waals surface area contributed by atoms with Crippen molar-refractivity contribution in [3.05, 3.63) is 57.8 Å². The Hall–Kier alpha value is -2.62. The Bertz CT molecular complexity index is 870. The summed E-state index contributed by atoms with van der Waals surface area (Å²) < 4.78 is 51.5. The van der Waals surface area contributed by atoms with Gasteiger partial charge in [-0.2, -0.15) is 13.2 Å². The molecule has 0 aromatic heterocycles. The molecule has 0 saturated carbocycles.